The summed E-state index contributed by atoms with van der Waals surface area (Å²) in [5, 5.41) is 14.7. The Morgan fingerprint density at radius 3 is 2.55 bits per heavy atom. The molecule has 9 heteroatoms. The second kappa shape index (κ2) is 5.77. The molecule has 1 aliphatic heterocycles. The highest BCUT2D eigenvalue weighted by molar-refractivity contribution is 6.30. The third-order valence-corrected chi connectivity index (χ3v) is 3.24. The number of hydrazone groups is 1. The van der Waals surface area contributed by atoms with Crippen molar-refractivity contribution in [3.8, 4) is 0 Å². The number of aliphatic hydroxyl groups is 1. The van der Waals surface area contributed by atoms with Gasteiger partial charge in [0, 0.05) is 5.02 Å². The number of ether oxygens (including phenoxy) is 1. The number of anilines is 1. The van der Waals surface area contributed by atoms with Crippen molar-refractivity contribution in [1.29, 1.82) is 0 Å². The smallest absolute Gasteiger partial charge is 0.431 e. The van der Waals surface area contributed by atoms with E-state index in [0.29, 0.717) is 10.0 Å². The van der Waals surface area contributed by atoms with Crippen molar-refractivity contribution in [2.24, 2.45) is 5.10 Å². The summed E-state index contributed by atoms with van der Waals surface area (Å²) in [6.07, 6.45) is -5.78. The Labute approximate surface area is 128 Å². The minimum Gasteiger partial charge on any atom is -0.462 e. The fourth-order valence-electron chi connectivity index (χ4n) is 1.96. The van der Waals surface area contributed by atoms with E-state index in [1.54, 1.807) is 0 Å². The Bertz CT molecular complexity index is 604. The van der Waals surface area contributed by atoms with E-state index < -0.39 is 30.0 Å². The van der Waals surface area contributed by atoms with Crippen LogP contribution in [0.4, 0.5) is 18.9 Å². The molecule has 0 saturated carbocycles. The molecular formula is C13H12ClF3N2O3. The molecule has 120 valence electrons. The molecule has 1 heterocycles. The highest BCUT2D eigenvalue weighted by atomic mass is 35.5. The topological polar surface area (TPSA) is 62.1 Å². The number of carbonyl (C=O) groups is 1. The van der Waals surface area contributed by atoms with Gasteiger partial charge in [-0.2, -0.15) is 18.3 Å². The van der Waals surface area contributed by atoms with Crippen LogP contribution in [0, 0.1) is 0 Å². The number of hydrogen-bond donors (Lipinski definition) is 1. The molecule has 1 aromatic carbocycles. The van der Waals surface area contributed by atoms with E-state index in [2.05, 4.69) is 9.84 Å². The van der Waals surface area contributed by atoms with Gasteiger partial charge < -0.3 is 9.84 Å². The summed E-state index contributed by atoms with van der Waals surface area (Å²) >= 11 is 5.71. The summed E-state index contributed by atoms with van der Waals surface area (Å²) in [4.78, 5) is 11.9. The van der Waals surface area contributed by atoms with E-state index in [0.717, 1.165) is 0 Å². The summed E-state index contributed by atoms with van der Waals surface area (Å²) in [6.45, 7) is 1.39. The molecule has 0 fully saturated rings. The van der Waals surface area contributed by atoms with Gasteiger partial charge in [-0.1, -0.05) is 11.6 Å². The van der Waals surface area contributed by atoms with Crippen LogP contribution in [0.5, 0.6) is 0 Å². The maximum atomic E-state index is 12.9. The van der Waals surface area contributed by atoms with E-state index in [-0.39, 0.29) is 12.3 Å². The lowest BCUT2D eigenvalue weighted by Gasteiger charge is -2.30. The molecule has 0 bridgehead atoms. The number of rotatable bonds is 3. The standard InChI is InChI=1S/C13H12ClF3N2O3/c1-2-22-11(20)12(21)7-10(13(15,16)17)18-19(12)9-5-3-8(14)4-6-9/h3-6,21H,2,7H2,1H3. The molecular weight excluding hydrogens is 325 g/mol. The zero-order valence-corrected chi connectivity index (χ0v) is 12.1. The fourth-order valence-corrected chi connectivity index (χ4v) is 2.09. The Morgan fingerprint density at radius 2 is 2.05 bits per heavy atom. The van der Waals surface area contributed by atoms with E-state index in [1.165, 1.54) is 31.2 Å². The largest absolute Gasteiger partial charge is 0.462 e. The lowest BCUT2D eigenvalue weighted by Crippen LogP contribution is -2.51. The molecule has 5 nitrogen and oxygen atoms in total. The van der Waals surface area contributed by atoms with Crippen molar-refractivity contribution in [1.82, 2.24) is 0 Å². The minimum atomic E-state index is -4.76. The molecule has 1 aliphatic rings. The normalized spacial score (nSPS) is 21.7. The molecule has 22 heavy (non-hydrogen) atoms. The highest BCUT2D eigenvalue weighted by Gasteiger charge is 2.55. The van der Waals surface area contributed by atoms with Gasteiger partial charge in [0.1, 0.15) is 5.71 Å². The van der Waals surface area contributed by atoms with Crippen LogP contribution in [0.2, 0.25) is 5.02 Å². The number of nitrogens with zero attached hydrogens (tertiary/aromatic N) is 2. The van der Waals surface area contributed by atoms with Gasteiger partial charge in [0.25, 0.3) is 5.72 Å². The zero-order chi connectivity index (χ0) is 16.5. The maximum absolute atomic E-state index is 12.9. The van der Waals surface area contributed by atoms with E-state index in [9.17, 15) is 23.1 Å². The van der Waals surface area contributed by atoms with Gasteiger partial charge in [0.05, 0.1) is 18.7 Å². The molecule has 0 spiro atoms. The van der Waals surface area contributed by atoms with Gasteiger partial charge >= 0.3 is 12.1 Å². The Hall–Kier alpha value is -1.80. The van der Waals surface area contributed by atoms with Gasteiger partial charge in [-0.05, 0) is 31.2 Å². The molecule has 0 aromatic heterocycles. The van der Waals surface area contributed by atoms with Gasteiger partial charge in [-0.15, -0.1) is 0 Å². The molecule has 0 aliphatic carbocycles. The van der Waals surface area contributed by atoms with Crippen molar-refractivity contribution in [3.63, 3.8) is 0 Å². The number of esters is 1. The fraction of sp³-hybridized carbons (Fsp3) is 0.385. The second-order valence-corrected chi connectivity index (χ2v) is 4.98. The van der Waals surface area contributed by atoms with Crippen molar-refractivity contribution in [2.45, 2.75) is 25.2 Å². The van der Waals surface area contributed by atoms with Gasteiger partial charge in [0.15, 0.2) is 0 Å². The molecule has 2 rings (SSSR count). The van der Waals surface area contributed by atoms with Crippen LogP contribution in [-0.2, 0) is 9.53 Å². The van der Waals surface area contributed by atoms with Crippen LogP contribution >= 0.6 is 11.6 Å². The Kier molecular flexibility index (Phi) is 4.35. The quantitative estimate of drug-likeness (QED) is 0.862. The molecule has 1 atom stereocenters. The number of halogens is 4. The van der Waals surface area contributed by atoms with Gasteiger partial charge in [0.2, 0.25) is 0 Å². The lowest BCUT2D eigenvalue weighted by molar-refractivity contribution is -0.163. The van der Waals surface area contributed by atoms with Crippen LogP contribution in [-0.4, -0.2) is 35.3 Å². The molecule has 0 amide bonds. The number of hydrogen-bond acceptors (Lipinski definition) is 5. The van der Waals surface area contributed by atoms with Crippen molar-refractivity contribution >= 4 is 29.0 Å². The Balaban J connectivity index is 2.45. The number of alkyl halides is 3. The van der Waals surface area contributed by atoms with Crippen LogP contribution in [0.3, 0.4) is 0 Å². The number of carbonyl (C=O) groups excluding carboxylic acids is 1. The van der Waals surface area contributed by atoms with Crippen molar-refractivity contribution in [2.75, 3.05) is 11.6 Å². The van der Waals surface area contributed by atoms with E-state index in [1.807, 2.05) is 0 Å². The molecule has 1 unspecified atom stereocenters. The predicted octanol–water partition coefficient (Wildman–Crippen LogP) is 2.72. The lowest BCUT2D eigenvalue weighted by atomic mass is 10.1. The van der Waals surface area contributed by atoms with Crippen LogP contribution in [0.15, 0.2) is 29.4 Å². The van der Waals surface area contributed by atoms with Gasteiger partial charge in [-0.3, -0.25) is 0 Å². The average Bonchev–Trinajstić information content (AvgIpc) is 2.79. The zero-order valence-electron chi connectivity index (χ0n) is 11.4. The average molecular weight is 337 g/mol. The molecule has 0 radical (unpaired) electrons. The van der Waals surface area contributed by atoms with E-state index in [4.69, 9.17) is 11.6 Å². The summed E-state index contributed by atoms with van der Waals surface area (Å²) in [5.41, 5.74) is -3.73. The summed E-state index contributed by atoms with van der Waals surface area (Å²) in [6, 6.07) is 5.50. The van der Waals surface area contributed by atoms with Crippen LogP contribution in [0.25, 0.3) is 0 Å². The predicted molar refractivity (Wildman–Crippen MR) is 73.6 cm³/mol. The number of benzene rings is 1. The SMILES string of the molecule is CCOC(=O)C1(O)CC(C(F)(F)F)=NN1c1ccc(Cl)cc1. The minimum absolute atomic E-state index is 0.0826. The Morgan fingerprint density at radius 1 is 1.45 bits per heavy atom. The van der Waals surface area contributed by atoms with Crippen LogP contribution < -0.4 is 5.01 Å². The summed E-state index contributed by atoms with van der Waals surface area (Å²) in [7, 11) is 0. The molecule has 0 saturated heterocycles. The molecule has 1 N–H and O–H groups in total. The third-order valence-electron chi connectivity index (χ3n) is 2.99. The first-order valence-corrected chi connectivity index (χ1v) is 6.66. The first-order chi connectivity index (χ1) is 10.2. The second-order valence-electron chi connectivity index (χ2n) is 4.55. The van der Waals surface area contributed by atoms with Crippen molar-refractivity contribution < 1.29 is 27.8 Å². The monoisotopic (exact) mass is 336 g/mol. The van der Waals surface area contributed by atoms with Crippen LogP contribution in [0.1, 0.15) is 13.3 Å². The maximum Gasteiger partial charge on any atom is 0.431 e. The third kappa shape index (κ3) is 3.02. The summed E-state index contributed by atoms with van der Waals surface area (Å²) in [5.74, 6) is -1.20. The molecule has 1 aromatic rings. The van der Waals surface area contributed by atoms with E-state index >= 15 is 0 Å². The first kappa shape index (κ1) is 16.6. The van der Waals surface area contributed by atoms with Gasteiger partial charge in [-0.25, -0.2) is 9.80 Å². The van der Waals surface area contributed by atoms with Crippen molar-refractivity contribution in [3.05, 3.63) is 29.3 Å². The first-order valence-electron chi connectivity index (χ1n) is 6.28. The highest BCUT2D eigenvalue weighted by Crippen LogP contribution is 2.37. The summed E-state index contributed by atoms with van der Waals surface area (Å²) < 4.78 is 43.3.